The standard InChI is InChI=1S/C13H12S/c1-11-7-9-13(14-11)10-8-12-5-3-2-4-6-12/h2-10H,1H3. The van der Waals surface area contributed by atoms with Gasteiger partial charge in [0.1, 0.15) is 0 Å². The van der Waals surface area contributed by atoms with Crippen LogP contribution in [-0.4, -0.2) is 0 Å². The quantitative estimate of drug-likeness (QED) is 0.680. The Morgan fingerprint density at radius 2 is 1.71 bits per heavy atom. The summed E-state index contributed by atoms with van der Waals surface area (Å²) in [5.41, 5.74) is 1.25. The van der Waals surface area contributed by atoms with E-state index in [1.54, 1.807) is 0 Å². The molecule has 0 radical (unpaired) electrons. The van der Waals surface area contributed by atoms with Gasteiger partial charge in [-0.2, -0.15) is 0 Å². The minimum atomic E-state index is 1.25. The molecule has 0 saturated heterocycles. The lowest BCUT2D eigenvalue weighted by atomic mass is 10.2. The molecular weight excluding hydrogens is 188 g/mol. The summed E-state index contributed by atoms with van der Waals surface area (Å²) < 4.78 is 0. The first-order valence-electron chi connectivity index (χ1n) is 4.64. The first-order valence-corrected chi connectivity index (χ1v) is 5.46. The molecular formula is C13H12S. The summed E-state index contributed by atoms with van der Waals surface area (Å²) in [6, 6.07) is 14.7. The van der Waals surface area contributed by atoms with Crippen LogP contribution in [0.5, 0.6) is 0 Å². The Morgan fingerprint density at radius 3 is 2.36 bits per heavy atom. The van der Waals surface area contributed by atoms with Crippen molar-refractivity contribution >= 4 is 23.5 Å². The van der Waals surface area contributed by atoms with E-state index in [0.717, 1.165) is 0 Å². The molecule has 0 saturated carbocycles. The van der Waals surface area contributed by atoms with E-state index in [1.807, 2.05) is 17.4 Å². The van der Waals surface area contributed by atoms with Crippen LogP contribution < -0.4 is 0 Å². The molecule has 0 nitrogen and oxygen atoms in total. The minimum absolute atomic E-state index is 1.25. The minimum Gasteiger partial charge on any atom is -0.141 e. The van der Waals surface area contributed by atoms with Crippen LogP contribution in [0.2, 0.25) is 0 Å². The fourth-order valence-corrected chi connectivity index (χ4v) is 2.07. The van der Waals surface area contributed by atoms with Gasteiger partial charge in [0.05, 0.1) is 0 Å². The van der Waals surface area contributed by atoms with E-state index in [9.17, 15) is 0 Å². The van der Waals surface area contributed by atoms with Gasteiger partial charge in [-0.05, 0) is 30.7 Å². The van der Waals surface area contributed by atoms with Crippen LogP contribution in [0.1, 0.15) is 15.3 Å². The lowest BCUT2D eigenvalue weighted by Gasteiger charge is -1.89. The monoisotopic (exact) mass is 200 g/mol. The molecule has 14 heavy (non-hydrogen) atoms. The predicted molar refractivity (Wildman–Crippen MR) is 64.4 cm³/mol. The molecule has 0 amide bonds. The van der Waals surface area contributed by atoms with E-state index in [0.29, 0.717) is 0 Å². The second kappa shape index (κ2) is 4.25. The highest BCUT2D eigenvalue weighted by atomic mass is 32.1. The molecule has 0 fully saturated rings. The first kappa shape index (κ1) is 9.22. The summed E-state index contributed by atoms with van der Waals surface area (Å²) in [4.78, 5) is 2.67. The van der Waals surface area contributed by atoms with Gasteiger partial charge in [0.15, 0.2) is 0 Å². The third kappa shape index (κ3) is 2.33. The van der Waals surface area contributed by atoms with E-state index < -0.39 is 0 Å². The number of rotatable bonds is 2. The van der Waals surface area contributed by atoms with E-state index in [4.69, 9.17) is 0 Å². The SMILES string of the molecule is Cc1ccc(C=Cc2ccccc2)s1. The summed E-state index contributed by atoms with van der Waals surface area (Å²) in [6.45, 7) is 2.13. The average Bonchev–Trinajstić information content (AvgIpc) is 2.63. The van der Waals surface area contributed by atoms with Crippen molar-refractivity contribution in [1.29, 1.82) is 0 Å². The Kier molecular flexibility index (Phi) is 2.80. The van der Waals surface area contributed by atoms with Gasteiger partial charge < -0.3 is 0 Å². The number of aryl methyl sites for hydroxylation is 1. The second-order valence-electron chi connectivity index (χ2n) is 3.19. The fourth-order valence-electron chi connectivity index (χ4n) is 1.29. The number of thiophene rings is 1. The Hall–Kier alpha value is -1.34. The van der Waals surface area contributed by atoms with Crippen molar-refractivity contribution < 1.29 is 0 Å². The summed E-state index contributed by atoms with van der Waals surface area (Å²) in [6.07, 6.45) is 4.30. The largest absolute Gasteiger partial charge is 0.141 e. The van der Waals surface area contributed by atoms with Gasteiger partial charge in [0, 0.05) is 9.75 Å². The predicted octanol–water partition coefficient (Wildman–Crippen LogP) is 4.23. The van der Waals surface area contributed by atoms with Crippen LogP contribution in [0.25, 0.3) is 12.2 Å². The average molecular weight is 200 g/mol. The Bertz CT molecular complexity index is 424. The molecule has 0 N–H and O–H groups in total. The van der Waals surface area contributed by atoms with E-state index in [1.165, 1.54) is 15.3 Å². The van der Waals surface area contributed by atoms with Gasteiger partial charge in [-0.25, -0.2) is 0 Å². The Labute approximate surface area is 88.5 Å². The molecule has 0 spiro atoms. The summed E-state index contributed by atoms with van der Waals surface area (Å²) >= 11 is 1.82. The smallest absolute Gasteiger partial charge is 0.0273 e. The molecule has 0 unspecified atom stereocenters. The Morgan fingerprint density at radius 1 is 0.929 bits per heavy atom. The van der Waals surface area contributed by atoms with Crippen LogP contribution in [-0.2, 0) is 0 Å². The van der Waals surface area contributed by atoms with Crippen LogP contribution in [0, 0.1) is 6.92 Å². The second-order valence-corrected chi connectivity index (χ2v) is 4.51. The van der Waals surface area contributed by atoms with Gasteiger partial charge in [0.25, 0.3) is 0 Å². The van der Waals surface area contributed by atoms with Crippen molar-refractivity contribution in [3.8, 4) is 0 Å². The van der Waals surface area contributed by atoms with E-state index in [-0.39, 0.29) is 0 Å². The molecule has 2 rings (SSSR count). The molecule has 0 aliphatic heterocycles. The zero-order chi connectivity index (χ0) is 9.80. The van der Waals surface area contributed by atoms with Gasteiger partial charge in [-0.1, -0.05) is 36.4 Å². The van der Waals surface area contributed by atoms with Crippen molar-refractivity contribution in [2.75, 3.05) is 0 Å². The highest BCUT2D eigenvalue weighted by Crippen LogP contribution is 2.17. The van der Waals surface area contributed by atoms with Crippen LogP contribution in [0.3, 0.4) is 0 Å². The molecule has 0 bridgehead atoms. The van der Waals surface area contributed by atoms with Crippen molar-refractivity contribution in [2.24, 2.45) is 0 Å². The lowest BCUT2D eigenvalue weighted by molar-refractivity contribution is 1.64. The fraction of sp³-hybridized carbons (Fsp3) is 0.0769. The maximum absolute atomic E-state index is 2.16. The highest BCUT2D eigenvalue weighted by molar-refractivity contribution is 7.12. The van der Waals surface area contributed by atoms with Crippen LogP contribution in [0.4, 0.5) is 0 Å². The number of hydrogen-bond donors (Lipinski definition) is 0. The molecule has 70 valence electrons. The normalized spacial score (nSPS) is 10.9. The van der Waals surface area contributed by atoms with Crippen molar-refractivity contribution in [2.45, 2.75) is 6.92 Å². The van der Waals surface area contributed by atoms with Crippen molar-refractivity contribution in [1.82, 2.24) is 0 Å². The maximum Gasteiger partial charge on any atom is 0.0273 e. The third-order valence-electron chi connectivity index (χ3n) is 2.00. The summed E-state index contributed by atoms with van der Waals surface area (Å²) in [5, 5.41) is 0. The van der Waals surface area contributed by atoms with Crippen LogP contribution in [0.15, 0.2) is 42.5 Å². The van der Waals surface area contributed by atoms with Gasteiger partial charge in [0.2, 0.25) is 0 Å². The number of hydrogen-bond acceptors (Lipinski definition) is 1. The van der Waals surface area contributed by atoms with Crippen LogP contribution >= 0.6 is 11.3 Å². The topological polar surface area (TPSA) is 0 Å². The molecule has 0 atom stereocenters. The Balaban J connectivity index is 2.15. The third-order valence-corrected chi connectivity index (χ3v) is 2.97. The molecule has 0 aliphatic carbocycles. The molecule has 1 heterocycles. The lowest BCUT2D eigenvalue weighted by Crippen LogP contribution is -1.67. The summed E-state index contributed by atoms with van der Waals surface area (Å²) in [7, 11) is 0. The molecule has 2 aromatic rings. The van der Waals surface area contributed by atoms with Gasteiger partial charge in [-0.3, -0.25) is 0 Å². The van der Waals surface area contributed by atoms with Crippen molar-refractivity contribution in [3.05, 3.63) is 57.8 Å². The molecule has 1 heteroatoms. The first-order chi connectivity index (χ1) is 6.84. The zero-order valence-electron chi connectivity index (χ0n) is 8.10. The van der Waals surface area contributed by atoms with Gasteiger partial charge >= 0.3 is 0 Å². The molecule has 1 aromatic carbocycles. The highest BCUT2D eigenvalue weighted by Gasteiger charge is 1.90. The zero-order valence-corrected chi connectivity index (χ0v) is 8.92. The van der Waals surface area contributed by atoms with E-state index in [2.05, 4.69) is 55.5 Å². The van der Waals surface area contributed by atoms with E-state index >= 15 is 0 Å². The summed E-state index contributed by atoms with van der Waals surface area (Å²) in [5.74, 6) is 0. The maximum atomic E-state index is 2.16. The van der Waals surface area contributed by atoms with Gasteiger partial charge in [-0.15, -0.1) is 11.3 Å². The molecule has 1 aromatic heterocycles. The van der Waals surface area contributed by atoms with Crippen molar-refractivity contribution in [3.63, 3.8) is 0 Å². The molecule has 0 aliphatic rings. The number of benzene rings is 1.